The third-order valence-corrected chi connectivity index (χ3v) is 6.04. The molecule has 0 saturated heterocycles. The minimum Gasteiger partial charge on any atom is -0.458 e. The molecule has 6 aromatic rings. The second-order valence-electron chi connectivity index (χ2n) is 9.47. The molecule has 0 bridgehead atoms. The van der Waals surface area contributed by atoms with Crippen molar-refractivity contribution in [2.24, 2.45) is 0 Å². The van der Waals surface area contributed by atoms with E-state index in [1.54, 1.807) is 0 Å². The van der Waals surface area contributed by atoms with Crippen molar-refractivity contribution in [1.29, 1.82) is 0 Å². The first kappa shape index (κ1) is 33.2. The van der Waals surface area contributed by atoms with Gasteiger partial charge in [-0.1, -0.05) is 60.7 Å². The van der Waals surface area contributed by atoms with Crippen molar-refractivity contribution in [2.75, 3.05) is 41.3 Å². The Hall–Kier alpha value is -3.00. The molecule has 4 aromatic carbocycles. The van der Waals surface area contributed by atoms with Gasteiger partial charge >= 0.3 is 0 Å². The Morgan fingerprint density at radius 1 is 0.525 bits per heavy atom. The van der Waals surface area contributed by atoms with Gasteiger partial charge in [0.05, 0.1) is 0 Å². The van der Waals surface area contributed by atoms with Crippen molar-refractivity contribution < 1.29 is 53.6 Å². The first-order valence-electron chi connectivity index (χ1n) is 12.4. The van der Waals surface area contributed by atoms with Gasteiger partial charge in [0.1, 0.15) is 22.3 Å². The van der Waals surface area contributed by atoms with E-state index in [0.29, 0.717) is 0 Å². The van der Waals surface area contributed by atoms with Gasteiger partial charge in [-0.05, 0) is 40.3 Å². The smallest absolute Gasteiger partial charge is 0.135 e. The van der Waals surface area contributed by atoms with E-state index in [2.05, 4.69) is 49.8 Å². The van der Waals surface area contributed by atoms with Gasteiger partial charge < -0.3 is 31.5 Å². The van der Waals surface area contributed by atoms with E-state index in [9.17, 15) is 0 Å². The summed E-state index contributed by atoms with van der Waals surface area (Å²) in [5, 5.41) is 4.40. The summed E-state index contributed by atoms with van der Waals surface area (Å²) in [6, 6.07) is 27.2. The SMILES string of the molecule is CN(C)CCN(C)C.[Au].[Au].[C-]#Cc1ccc2c(c1)oc1ccccc12.[C-]#Cc1ccc2c(c1)oc1ccccc12. The zero-order chi connectivity index (χ0) is 27.1. The predicted molar refractivity (Wildman–Crippen MR) is 157 cm³/mol. The van der Waals surface area contributed by atoms with Crippen LogP contribution >= 0.6 is 0 Å². The number of hydrogen-bond acceptors (Lipinski definition) is 4. The molecular weight excluding hydrogens is 862 g/mol. The second-order valence-corrected chi connectivity index (χ2v) is 9.47. The summed E-state index contributed by atoms with van der Waals surface area (Å²) in [5.74, 6) is 4.71. The van der Waals surface area contributed by atoms with Gasteiger partial charge in [0, 0.05) is 79.4 Å². The summed E-state index contributed by atoms with van der Waals surface area (Å²) in [7, 11) is 8.35. The molecule has 6 rings (SSSR count). The van der Waals surface area contributed by atoms with E-state index in [4.69, 9.17) is 21.7 Å². The molecule has 2 radical (unpaired) electrons. The van der Waals surface area contributed by atoms with Gasteiger partial charge in [0.25, 0.3) is 0 Å². The van der Waals surface area contributed by atoms with Gasteiger partial charge in [-0.25, -0.2) is 0 Å². The number of hydrogen-bond donors (Lipinski definition) is 0. The van der Waals surface area contributed by atoms with E-state index in [0.717, 1.165) is 68.1 Å². The Morgan fingerprint density at radius 3 is 1.23 bits per heavy atom. The van der Waals surface area contributed by atoms with Crippen molar-refractivity contribution >= 4 is 43.9 Å². The molecule has 40 heavy (non-hydrogen) atoms. The van der Waals surface area contributed by atoms with Crippen LogP contribution in [0.3, 0.4) is 0 Å². The number of para-hydroxylation sites is 2. The Morgan fingerprint density at radius 2 is 0.875 bits per heavy atom. The normalized spacial score (nSPS) is 10.2. The van der Waals surface area contributed by atoms with Crippen LogP contribution in [0.5, 0.6) is 0 Å². The molecule has 0 fully saturated rings. The molecule has 0 N–H and O–H groups in total. The molecule has 0 atom stereocenters. The van der Waals surface area contributed by atoms with Gasteiger partial charge in [0.15, 0.2) is 0 Å². The maximum absolute atomic E-state index is 7.06. The zero-order valence-corrected chi connectivity index (χ0v) is 27.1. The molecule has 2 heterocycles. The zero-order valence-electron chi connectivity index (χ0n) is 22.8. The van der Waals surface area contributed by atoms with Crippen molar-refractivity contribution in [3.8, 4) is 11.8 Å². The van der Waals surface area contributed by atoms with Crippen molar-refractivity contribution in [3.05, 3.63) is 109 Å². The number of nitrogens with zero attached hydrogens (tertiary/aromatic N) is 2. The Bertz CT molecular complexity index is 1640. The third kappa shape index (κ3) is 8.26. The van der Waals surface area contributed by atoms with Crippen molar-refractivity contribution in [3.63, 3.8) is 0 Å². The van der Waals surface area contributed by atoms with Crippen LogP contribution in [0.4, 0.5) is 0 Å². The van der Waals surface area contributed by atoms with Gasteiger partial charge in [0.2, 0.25) is 0 Å². The first-order valence-corrected chi connectivity index (χ1v) is 12.4. The van der Waals surface area contributed by atoms with E-state index < -0.39 is 0 Å². The van der Waals surface area contributed by atoms with Gasteiger partial charge in [-0.2, -0.15) is 0 Å². The van der Waals surface area contributed by atoms with Crippen LogP contribution < -0.4 is 0 Å². The second kappa shape index (κ2) is 15.7. The Balaban J connectivity index is 0.000000216. The quantitative estimate of drug-likeness (QED) is 0.108. The summed E-state index contributed by atoms with van der Waals surface area (Å²) in [5.41, 5.74) is 4.87. The summed E-state index contributed by atoms with van der Waals surface area (Å²) < 4.78 is 11.3. The topological polar surface area (TPSA) is 32.8 Å². The molecule has 0 saturated carbocycles. The first-order chi connectivity index (χ1) is 18.4. The summed E-state index contributed by atoms with van der Waals surface area (Å²) in [6.07, 6.45) is 14.1. The molecule has 0 aliphatic carbocycles. The maximum Gasteiger partial charge on any atom is 0.135 e. The fraction of sp³-hybridized carbons (Fsp3) is 0.176. The van der Waals surface area contributed by atoms with Crippen LogP contribution in [0.25, 0.3) is 43.9 Å². The van der Waals surface area contributed by atoms with Crippen LogP contribution in [0.1, 0.15) is 11.1 Å². The molecule has 0 unspecified atom stereocenters. The maximum atomic E-state index is 7.06. The molecule has 0 spiro atoms. The fourth-order valence-corrected chi connectivity index (χ4v) is 4.01. The van der Waals surface area contributed by atoms with E-state index in [1.807, 2.05) is 84.9 Å². The Kier molecular flexibility index (Phi) is 13.0. The van der Waals surface area contributed by atoms with Crippen LogP contribution in [0.15, 0.2) is 93.8 Å². The van der Waals surface area contributed by atoms with Crippen LogP contribution in [-0.4, -0.2) is 51.1 Å². The molecular formula is C34H30Au2N2O2-2. The molecule has 0 aliphatic heterocycles. The number of rotatable bonds is 3. The van der Waals surface area contributed by atoms with E-state index in [1.165, 1.54) is 0 Å². The molecule has 4 nitrogen and oxygen atoms in total. The number of furan rings is 2. The summed E-state index contributed by atoms with van der Waals surface area (Å²) in [4.78, 5) is 4.36. The van der Waals surface area contributed by atoms with Crippen LogP contribution in [0.2, 0.25) is 0 Å². The average molecular weight is 893 g/mol. The minimum absolute atomic E-state index is 0. The largest absolute Gasteiger partial charge is 0.458 e. The molecule has 6 heteroatoms. The van der Waals surface area contributed by atoms with Crippen molar-refractivity contribution in [2.45, 2.75) is 0 Å². The predicted octanol–water partition coefficient (Wildman–Crippen LogP) is 7.15. The molecule has 0 aliphatic rings. The fourth-order valence-electron chi connectivity index (χ4n) is 4.01. The number of likely N-dealkylation sites (N-methyl/N-ethyl adjacent to an activating group) is 2. The van der Waals surface area contributed by atoms with Gasteiger partial charge in [-0.3, -0.25) is 11.8 Å². The monoisotopic (exact) mass is 892 g/mol. The average Bonchev–Trinajstić information content (AvgIpc) is 3.49. The Labute approximate surface area is 267 Å². The minimum atomic E-state index is 0. The van der Waals surface area contributed by atoms with Crippen LogP contribution in [-0.2, 0) is 44.8 Å². The third-order valence-electron chi connectivity index (χ3n) is 6.04. The molecule has 212 valence electrons. The molecule has 0 amide bonds. The molecule has 2 aromatic heterocycles. The summed E-state index contributed by atoms with van der Waals surface area (Å²) >= 11 is 0. The van der Waals surface area contributed by atoms with Gasteiger partial charge in [-0.15, -0.1) is 23.3 Å². The van der Waals surface area contributed by atoms with Crippen molar-refractivity contribution in [1.82, 2.24) is 9.80 Å². The van der Waals surface area contributed by atoms with E-state index >= 15 is 0 Å². The van der Waals surface area contributed by atoms with Crippen LogP contribution in [0, 0.1) is 24.7 Å². The standard InChI is InChI=1S/2C14H7O.C6H16N2.2Au/c2*1-2-10-7-8-12-11-5-3-4-6-13(11)15-14(12)9-10;1-7(2)5-6-8(3)4;;/h2*3-9H;5-6H2,1-4H3;;/q2*-1;;;. The summed E-state index contributed by atoms with van der Waals surface area (Å²) in [6.45, 7) is 2.29. The number of benzene rings is 4. The number of fused-ring (bicyclic) bond motifs is 6. The van der Waals surface area contributed by atoms with E-state index in [-0.39, 0.29) is 44.8 Å².